The van der Waals surface area contributed by atoms with Crippen LogP contribution in [0.25, 0.3) is 16.6 Å². The van der Waals surface area contributed by atoms with E-state index in [4.69, 9.17) is 11.6 Å². The Morgan fingerprint density at radius 2 is 1.71 bits per heavy atom. The van der Waals surface area contributed by atoms with Crippen LogP contribution in [0.15, 0.2) is 59.4 Å². The lowest BCUT2D eigenvalue weighted by molar-refractivity contribution is 0.777. The summed E-state index contributed by atoms with van der Waals surface area (Å²) in [7, 11) is 0. The number of alkyl halides is 1. The SMILES string of the molecule is O=c1c2ccccc2nc(CCCCl)n1-c1ccccc1. The lowest BCUT2D eigenvalue weighted by Gasteiger charge is -2.13. The van der Waals surface area contributed by atoms with Crippen LogP contribution in [-0.4, -0.2) is 15.4 Å². The molecule has 0 spiro atoms. The van der Waals surface area contributed by atoms with Crippen LogP contribution in [0.1, 0.15) is 12.2 Å². The molecule has 0 aliphatic rings. The number of benzene rings is 2. The van der Waals surface area contributed by atoms with Crippen molar-refractivity contribution >= 4 is 22.5 Å². The molecule has 0 unspecified atom stereocenters. The molecule has 0 saturated carbocycles. The zero-order chi connectivity index (χ0) is 14.7. The summed E-state index contributed by atoms with van der Waals surface area (Å²) in [6.45, 7) is 0. The maximum Gasteiger partial charge on any atom is 0.265 e. The first-order valence-electron chi connectivity index (χ1n) is 6.93. The Labute approximate surface area is 127 Å². The van der Waals surface area contributed by atoms with E-state index in [1.807, 2.05) is 54.6 Å². The van der Waals surface area contributed by atoms with E-state index in [0.717, 1.165) is 23.4 Å². The van der Waals surface area contributed by atoms with Crippen LogP contribution in [0, 0.1) is 0 Å². The third-order valence-corrected chi connectivity index (χ3v) is 3.66. The van der Waals surface area contributed by atoms with Crippen molar-refractivity contribution in [3.63, 3.8) is 0 Å². The first-order valence-corrected chi connectivity index (χ1v) is 7.47. The second-order valence-corrected chi connectivity index (χ2v) is 5.19. The number of fused-ring (bicyclic) bond motifs is 1. The van der Waals surface area contributed by atoms with Crippen molar-refractivity contribution < 1.29 is 0 Å². The number of nitrogens with zero attached hydrogens (tertiary/aromatic N) is 2. The summed E-state index contributed by atoms with van der Waals surface area (Å²) >= 11 is 5.79. The molecule has 3 rings (SSSR count). The Bertz CT molecular complexity index is 812. The Kier molecular flexibility index (Phi) is 4.02. The minimum absolute atomic E-state index is 0.0311. The fraction of sp³-hybridized carbons (Fsp3) is 0.176. The highest BCUT2D eigenvalue weighted by atomic mass is 35.5. The van der Waals surface area contributed by atoms with Crippen molar-refractivity contribution in [2.75, 3.05) is 5.88 Å². The summed E-state index contributed by atoms with van der Waals surface area (Å²) in [5, 5.41) is 0.635. The summed E-state index contributed by atoms with van der Waals surface area (Å²) in [5.41, 5.74) is 1.54. The predicted octanol–water partition coefficient (Wildman–Crippen LogP) is 3.56. The molecule has 4 heteroatoms. The minimum Gasteiger partial charge on any atom is -0.268 e. The van der Waals surface area contributed by atoms with Crippen LogP contribution < -0.4 is 5.56 Å². The Morgan fingerprint density at radius 3 is 2.48 bits per heavy atom. The molecule has 2 aromatic carbocycles. The van der Waals surface area contributed by atoms with Crippen LogP contribution in [0.4, 0.5) is 0 Å². The number of aryl methyl sites for hydroxylation is 1. The highest BCUT2D eigenvalue weighted by molar-refractivity contribution is 6.17. The van der Waals surface area contributed by atoms with E-state index in [9.17, 15) is 4.79 Å². The van der Waals surface area contributed by atoms with Crippen molar-refractivity contribution in [2.24, 2.45) is 0 Å². The summed E-state index contributed by atoms with van der Waals surface area (Å²) in [6.07, 6.45) is 1.47. The van der Waals surface area contributed by atoms with Crippen molar-refractivity contribution in [1.29, 1.82) is 0 Å². The quantitative estimate of drug-likeness (QED) is 0.690. The van der Waals surface area contributed by atoms with Crippen molar-refractivity contribution in [2.45, 2.75) is 12.8 Å². The van der Waals surface area contributed by atoms with Crippen molar-refractivity contribution in [3.8, 4) is 5.69 Å². The molecule has 0 radical (unpaired) electrons. The monoisotopic (exact) mass is 298 g/mol. The van der Waals surface area contributed by atoms with E-state index in [0.29, 0.717) is 17.7 Å². The molecular formula is C17H15ClN2O. The molecule has 1 aromatic heterocycles. The highest BCUT2D eigenvalue weighted by Gasteiger charge is 2.11. The van der Waals surface area contributed by atoms with Gasteiger partial charge in [0.15, 0.2) is 0 Å². The zero-order valence-electron chi connectivity index (χ0n) is 11.5. The average Bonchev–Trinajstić information content (AvgIpc) is 2.54. The summed E-state index contributed by atoms with van der Waals surface area (Å²) in [5.74, 6) is 1.31. The third-order valence-electron chi connectivity index (χ3n) is 3.39. The molecule has 3 nitrogen and oxygen atoms in total. The zero-order valence-corrected chi connectivity index (χ0v) is 12.3. The van der Waals surface area contributed by atoms with Gasteiger partial charge in [-0.25, -0.2) is 4.98 Å². The maximum absolute atomic E-state index is 12.8. The predicted molar refractivity (Wildman–Crippen MR) is 86.4 cm³/mol. The van der Waals surface area contributed by atoms with Gasteiger partial charge >= 0.3 is 0 Å². The number of rotatable bonds is 4. The Balaban J connectivity index is 2.29. The lowest BCUT2D eigenvalue weighted by atomic mass is 10.2. The number of hydrogen-bond donors (Lipinski definition) is 0. The number of aromatic nitrogens is 2. The lowest BCUT2D eigenvalue weighted by Crippen LogP contribution is -2.24. The molecule has 1 heterocycles. The maximum atomic E-state index is 12.8. The van der Waals surface area contributed by atoms with Gasteiger partial charge in [0.25, 0.3) is 5.56 Å². The Hall–Kier alpha value is -2.13. The second-order valence-electron chi connectivity index (χ2n) is 4.81. The summed E-state index contributed by atoms with van der Waals surface area (Å²) < 4.78 is 1.69. The van der Waals surface area contributed by atoms with Crippen LogP contribution in [0.5, 0.6) is 0 Å². The van der Waals surface area contributed by atoms with Gasteiger partial charge in [0.1, 0.15) is 5.82 Å². The molecule has 21 heavy (non-hydrogen) atoms. The average molecular weight is 299 g/mol. The molecule has 0 aliphatic carbocycles. The number of halogens is 1. The van der Waals surface area contributed by atoms with Crippen LogP contribution in [-0.2, 0) is 6.42 Å². The molecule has 0 fully saturated rings. The Morgan fingerprint density at radius 1 is 1.00 bits per heavy atom. The molecule has 106 valence electrons. The fourth-order valence-corrected chi connectivity index (χ4v) is 2.55. The number of hydrogen-bond acceptors (Lipinski definition) is 2. The van der Waals surface area contributed by atoms with E-state index in [2.05, 4.69) is 4.98 Å². The van der Waals surface area contributed by atoms with E-state index in [1.54, 1.807) is 4.57 Å². The van der Waals surface area contributed by atoms with Gasteiger partial charge in [-0.2, -0.15) is 0 Å². The minimum atomic E-state index is -0.0311. The first kappa shape index (κ1) is 13.8. The third kappa shape index (κ3) is 2.69. The summed E-state index contributed by atoms with van der Waals surface area (Å²) in [6, 6.07) is 17.0. The van der Waals surface area contributed by atoms with E-state index >= 15 is 0 Å². The smallest absolute Gasteiger partial charge is 0.265 e. The molecule has 0 amide bonds. The first-order chi connectivity index (χ1) is 10.3. The standard InChI is InChI=1S/C17H15ClN2O/c18-12-6-11-16-19-15-10-5-4-9-14(15)17(21)20(16)13-7-2-1-3-8-13/h1-5,7-10H,6,11-12H2. The highest BCUT2D eigenvalue weighted by Crippen LogP contribution is 2.14. The van der Waals surface area contributed by atoms with E-state index in [1.165, 1.54) is 0 Å². The molecule has 0 aliphatic heterocycles. The van der Waals surface area contributed by atoms with Gasteiger partial charge in [-0.05, 0) is 30.7 Å². The van der Waals surface area contributed by atoms with Gasteiger partial charge < -0.3 is 0 Å². The fourth-order valence-electron chi connectivity index (χ4n) is 2.41. The van der Waals surface area contributed by atoms with Gasteiger partial charge in [0, 0.05) is 12.3 Å². The van der Waals surface area contributed by atoms with Crippen LogP contribution >= 0.6 is 11.6 Å². The molecule has 0 atom stereocenters. The van der Waals surface area contributed by atoms with Crippen LogP contribution in [0.2, 0.25) is 0 Å². The largest absolute Gasteiger partial charge is 0.268 e. The summed E-state index contributed by atoms with van der Waals surface area (Å²) in [4.78, 5) is 17.5. The normalized spacial score (nSPS) is 10.9. The molecule has 0 bridgehead atoms. The molecule has 0 N–H and O–H groups in total. The van der Waals surface area contributed by atoms with Gasteiger partial charge in [-0.3, -0.25) is 9.36 Å². The molecular weight excluding hydrogens is 284 g/mol. The number of para-hydroxylation sites is 2. The molecule has 3 aromatic rings. The van der Waals surface area contributed by atoms with Crippen molar-refractivity contribution in [3.05, 3.63) is 70.8 Å². The van der Waals surface area contributed by atoms with Gasteiger partial charge in [-0.15, -0.1) is 11.6 Å². The second kappa shape index (κ2) is 6.10. The van der Waals surface area contributed by atoms with E-state index in [-0.39, 0.29) is 5.56 Å². The van der Waals surface area contributed by atoms with Crippen molar-refractivity contribution in [1.82, 2.24) is 9.55 Å². The van der Waals surface area contributed by atoms with E-state index < -0.39 is 0 Å². The van der Waals surface area contributed by atoms with Gasteiger partial charge in [-0.1, -0.05) is 30.3 Å². The van der Waals surface area contributed by atoms with Gasteiger partial charge in [0.2, 0.25) is 0 Å². The topological polar surface area (TPSA) is 34.9 Å². The van der Waals surface area contributed by atoms with Crippen LogP contribution in [0.3, 0.4) is 0 Å². The van der Waals surface area contributed by atoms with Gasteiger partial charge in [0.05, 0.1) is 16.6 Å². The molecule has 0 saturated heterocycles.